The highest BCUT2D eigenvalue weighted by atomic mass is 19.4. The molecule has 1 heterocycles. The summed E-state index contributed by atoms with van der Waals surface area (Å²) in [5.41, 5.74) is -2.76. The quantitative estimate of drug-likeness (QED) is 0.908. The number of benzene rings is 1. The number of cyclic esters (lactones) is 1. The summed E-state index contributed by atoms with van der Waals surface area (Å²) in [4.78, 5) is 23.5. The third-order valence-electron chi connectivity index (χ3n) is 2.93. The standard InChI is InChI=1S/C12H10F3NO4/c1-11(9(17)18)6-16(10(19)20-11)8-4-2-3-7(5-8)12(13,14)15/h2-5H,6H2,1H3,(H,17,18). The highest BCUT2D eigenvalue weighted by Gasteiger charge is 2.48. The number of carbonyl (C=O) groups excluding carboxylic acids is 1. The minimum Gasteiger partial charge on any atom is -0.478 e. The van der Waals surface area contributed by atoms with Crippen LogP contribution >= 0.6 is 0 Å². The zero-order valence-corrected chi connectivity index (χ0v) is 10.3. The molecule has 1 amide bonds. The number of carbonyl (C=O) groups is 2. The van der Waals surface area contributed by atoms with Crippen LogP contribution in [0.5, 0.6) is 0 Å². The Labute approximate surface area is 111 Å². The van der Waals surface area contributed by atoms with E-state index in [0.29, 0.717) is 0 Å². The molecule has 2 rings (SSSR count). The molecule has 1 atom stereocenters. The molecule has 0 spiro atoms. The van der Waals surface area contributed by atoms with E-state index < -0.39 is 29.4 Å². The third kappa shape index (κ3) is 2.40. The van der Waals surface area contributed by atoms with E-state index in [1.165, 1.54) is 13.0 Å². The average molecular weight is 289 g/mol. The normalized spacial score (nSPS) is 22.8. The first-order chi connectivity index (χ1) is 9.13. The van der Waals surface area contributed by atoms with Gasteiger partial charge in [-0.1, -0.05) is 6.07 Å². The second kappa shape index (κ2) is 4.39. The maximum atomic E-state index is 12.6. The van der Waals surface area contributed by atoms with E-state index in [1.807, 2.05) is 0 Å². The topological polar surface area (TPSA) is 66.8 Å². The molecule has 1 aromatic carbocycles. The molecule has 5 nitrogen and oxygen atoms in total. The molecule has 1 aliphatic rings. The zero-order valence-electron chi connectivity index (χ0n) is 10.3. The lowest BCUT2D eigenvalue weighted by Crippen LogP contribution is -2.39. The summed E-state index contributed by atoms with van der Waals surface area (Å²) in [5, 5.41) is 8.95. The van der Waals surface area contributed by atoms with Crippen LogP contribution in [0.1, 0.15) is 12.5 Å². The van der Waals surface area contributed by atoms with Crippen molar-refractivity contribution in [3.63, 3.8) is 0 Å². The molecule has 20 heavy (non-hydrogen) atoms. The van der Waals surface area contributed by atoms with E-state index in [1.54, 1.807) is 0 Å². The van der Waals surface area contributed by atoms with E-state index in [2.05, 4.69) is 0 Å². The Morgan fingerprint density at radius 3 is 2.60 bits per heavy atom. The number of anilines is 1. The fraction of sp³-hybridized carbons (Fsp3) is 0.333. The van der Waals surface area contributed by atoms with Gasteiger partial charge in [0.1, 0.15) is 0 Å². The maximum Gasteiger partial charge on any atom is 0.416 e. The Morgan fingerprint density at radius 1 is 1.45 bits per heavy atom. The van der Waals surface area contributed by atoms with Crippen LogP contribution in [0.4, 0.5) is 23.7 Å². The predicted octanol–water partition coefficient (Wildman–Crippen LogP) is 2.51. The molecule has 0 radical (unpaired) electrons. The number of carboxylic acids is 1. The van der Waals surface area contributed by atoms with E-state index in [4.69, 9.17) is 9.84 Å². The monoisotopic (exact) mass is 289 g/mol. The van der Waals surface area contributed by atoms with Gasteiger partial charge >= 0.3 is 18.2 Å². The van der Waals surface area contributed by atoms with Crippen LogP contribution in [0.2, 0.25) is 0 Å². The van der Waals surface area contributed by atoms with Crippen LogP contribution in [0.25, 0.3) is 0 Å². The summed E-state index contributed by atoms with van der Waals surface area (Å²) < 4.78 is 42.5. The van der Waals surface area contributed by atoms with Gasteiger partial charge in [-0.15, -0.1) is 0 Å². The summed E-state index contributed by atoms with van der Waals surface area (Å²) in [6.07, 6.45) is -5.54. The molecule has 1 aliphatic heterocycles. The molecule has 1 fully saturated rings. The van der Waals surface area contributed by atoms with Gasteiger partial charge in [0, 0.05) is 5.69 Å². The molecule has 1 unspecified atom stereocenters. The maximum absolute atomic E-state index is 12.6. The summed E-state index contributed by atoms with van der Waals surface area (Å²) in [5.74, 6) is -1.36. The number of amides is 1. The van der Waals surface area contributed by atoms with Gasteiger partial charge in [0.15, 0.2) is 0 Å². The second-order valence-corrected chi connectivity index (χ2v) is 4.54. The van der Waals surface area contributed by atoms with Crippen molar-refractivity contribution in [2.45, 2.75) is 18.7 Å². The average Bonchev–Trinajstić information content (AvgIpc) is 2.65. The molecule has 0 saturated carbocycles. The number of rotatable bonds is 2. The van der Waals surface area contributed by atoms with Gasteiger partial charge in [-0.25, -0.2) is 9.59 Å². The summed E-state index contributed by atoms with van der Waals surface area (Å²) in [6, 6.07) is 4.06. The number of alkyl halides is 3. The number of carboxylic acid groups (broad SMARTS) is 1. The molecular weight excluding hydrogens is 279 g/mol. The minimum atomic E-state index is -4.55. The lowest BCUT2D eigenvalue weighted by atomic mass is 10.1. The predicted molar refractivity (Wildman–Crippen MR) is 61.3 cm³/mol. The summed E-state index contributed by atoms with van der Waals surface area (Å²) in [6.45, 7) is 0.823. The van der Waals surface area contributed by atoms with Crippen LogP contribution in [0.3, 0.4) is 0 Å². The van der Waals surface area contributed by atoms with Gasteiger partial charge in [-0.3, -0.25) is 4.90 Å². The minimum absolute atomic E-state index is 0.0604. The summed E-state index contributed by atoms with van der Waals surface area (Å²) in [7, 11) is 0. The Morgan fingerprint density at radius 2 is 2.10 bits per heavy atom. The van der Waals surface area contributed by atoms with Crippen molar-refractivity contribution in [2.24, 2.45) is 0 Å². The highest BCUT2D eigenvalue weighted by Crippen LogP contribution is 2.34. The SMILES string of the molecule is CC1(C(=O)O)CN(c2cccc(C(F)(F)F)c2)C(=O)O1. The first-order valence-electron chi connectivity index (χ1n) is 5.55. The number of nitrogens with zero attached hydrogens (tertiary/aromatic N) is 1. The fourth-order valence-corrected chi connectivity index (χ4v) is 1.80. The molecular formula is C12H10F3NO4. The first kappa shape index (κ1) is 14.2. The Hall–Kier alpha value is -2.25. The van der Waals surface area contributed by atoms with Crippen LogP contribution in [-0.4, -0.2) is 29.3 Å². The fourth-order valence-electron chi connectivity index (χ4n) is 1.80. The first-order valence-corrected chi connectivity index (χ1v) is 5.55. The van der Waals surface area contributed by atoms with Gasteiger partial charge in [0.05, 0.1) is 12.1 Å². The third-order valence-corrected chi connectivity index (χ3v) is 2.93. The van der Waals surface area contributed by atoms with E-state index in [-0.39, 0.29) is 12.2 Å². The Bertz CT molecular complexity index is 572. The van der Waals surface area contributed by atoms with Crippen molar-refractivity contribution >= 4 is 17.7 Å². The summed E-state index contributed by atoms with van der Waals surface area (Å²) >= 11 is 0. The van der Waals surface area contributed by atoms with Gasteiger partial charge in [0.2, 0.25) is 5.60 Å². The Balaban J connectivity index is 2.34. The van der Waals surface area contributed by atoms with Crippen molar-refractivity contribution < 1.29 is 32.6 Å². The molecule has 0 aliphatic carbocycles. The van der Waals surface area contributed by atoms with E-state index >= 15 is 0 Å². The largest absolute Gasteiger partial charge is 0.478 e. The molecule has 108 valence electrons. The zero-order chi connectivity index (χ0) is 15.1. The molecule has 1 saturated heterocycles. The van der Waals surface area contributed by atoms with Crippen LogP contribution < -0.4 is 4.90 Å². The molecule has 1 N–H and O–H groups in total. The van der Waals surface area contributed by atoms with Crippen molar-refractivity contribution in [3.05, 3.63) is 29.8 Å². The number of aliphatic carboxylic acids is 1. The van der Waals surface area contributed by atoms with Crippen molar-refractivity contribution in [2.75, 3.05) is 11.4 Å². The van der Waals surface area contributed by atoms with Crippen LogP contribution in [-0.2, 0) is 15.7 Å². The molecule has 8 heteroatoms. The highest BCUT2D eigenvalue weighted by molar-refractivity contribution is 5.95. The lowest BCUT2D eigenvalue weighted by Gasteiger charge is -2.17. The molecule has 1 aromatic rings. The lowest BCUT2D eigenvalue weighted by molar-refractivity contribution is -0.153. The second-order valence-electron chi connectivity index (χ2n) is 4.54. The van der Waals surface area contributed by atoms with Gasteiger partial charge in [0.25, 0.3) is 0 Å². The number of hydrogen-bond acceptors (Lipinski definition) is 3. The van der Waals surface area contributed by atoms with Crippen LogP contribution in [0.15, 0.2) is 24.3 Å². The van der Waals surface area contributed by atoms with Gasteiger partial charge in [-0.2, -0.15) is 13.2 Å². The van der Waals surface area contributed by atoms with E-state index in [9.17, 15) is 22.8 Å². The van der Waals surface area contributed by atoms with Crippen molar-refractivity contribution in [1.82, 2.24) is 0 Å². The van der Waals surface area contributed by atoms with Gasteiger partial charge in [-0.05, 0) is 25.1 Å². The smallest absolute Gasteiger partial charge is 0.416 e. The number of hydrogen-bond donors (Lipinski definition) is 1. The van der Waals surface area contributed by atoms with Crippen molar-refractivity contribution in [1.29, 1.82) is 0 Å². The van der Waals surface area contributed by atoms with Crippen molar-refractivity contribution in [3.8, 4) is 0 Å². The van der Waals surface area contributed by atoms with E-state index in [0.717, 1.165) is 23.1 Å². The molecule has 0 bridgehead atoms. The van der Waals surface area contributed by atoms with Crippen LogP contribution in [0, 0.1) is 0 Å². The molecule has 0 aromatic heterocycles. The van der Waals surface area contributed by atoms with Gasteiger partial charge < -0.3 is 9.84 Å². The number of ether oxygens (including phenoxy) is 1. The Kier molecular flexibility index (Phi) is 3.11. The number of halogens is 3.